The molecule has 0 spiro atoms. The van der Waals surface area contributed by atoms with Crippen molar-refractivity contribution in [3.63, 3.8) is 0 Å². The lowest BCUT2D eigenvalue weighted by Crippen LogP contribution is -2.62. The van der Waals surface area contributed by atoms with Crippen molar-refractivity contribution < 1.29 is 30.0 Å². The number of ketones is 2. The fourth-order valence-corrected chi connectivity index (χ4v) is 4.89. The molecule has 5 N–H and O–H groups in total. The van der Waals surface area contributed by atoms with E-state index in [9.17, 15) is 30.0 Å². The monoisotopic (exact) mass is 441 g/mol. The van der Waals surface area contributed by atoms with Gasteiger partial charge in [0.25, 0.3) is 0 Å². The van der Waals surface area contributed by atoms with Crippen molar-refractivity contribution in [2.45, 2.75) is 36.7 Å². The number of nitrogens with one attached hydrogen (secondary N) is 1. The number of hydrogen-bond donors (Lipinski definition) is 5. The van der Waals surface area contributed by atoms with Crippen molar-refractivity contribution >= 4 is 17.3 Å². The van der Waals surface area contributed by atoms with Crippen molar-refractivity contribution in [2.75, 3.05) is 5.32 Å². The fraction of sp³-hybridized carbons (Fsp3) is 0.231. The number of phenols is 1. The van der Waals surface area contributed by atoms with Gasteiger partial charge in [-0.25, -0.2) is 0 Å². The topological polar surface area (TPSA) is 127 Å². The van der Waals surface area contributed by atoms with Crippen molar-refractivity contribution in [1.29, 1.82) is 0 Å². The average molecular weight is 441 g/mol. The molecular formula is C26H19NO6. The highest BCUT2D eigenvalue weighted by Crippen LogP contribution is 2.50. The van der Waals surface area contributed by atoms with Crippen LogP contribution in [0.2, 0.25) is 0 Å². The molecule has 5 rings (SSSR count). The largest absolute Gasteiger partial charge is 0.507 e. The minimum Gasteiger partial charge on any atom is -0.507 e. The summed E-state index contributed by atoms with van der Waals surface area (Å²) in [4.78, 5) is 26.7. The molecule has 2 aromatic carbocycles. The van der Waals surface area contributed by atoms with Gasteiger partial charge in [0.05, 0.1) is 28.8 Å². The molecule has 0 fully saturated rings. The number of rotatable bonds is 1. The number of aromatic hydroxyl groups is 1. The number of anilines is 1. The Morgan fingerprint density at radius 1 is 1.03 bits per heavy atom. The lowest BCUT2D eigenvalue weighted by Gasteiger charge is -2.48. The zero-order chi connectivity index (χ0) is 23.5. The SMILES string of the molecule is C[C@@H](O)[C@@]1(O)C2c3cc(O)c4c(c3N[C@H]1C#C/C=C\C#C[C@H]2O)C(=O)c1ccccc1C4=O. The number of benzene rings is 2. The number of aliphatic hydroxyl groups excluding tert-OH is 2. The van der Waals surface area contributed by atoms with E-state index in [0.29, 0.717) is 0 Å². The Balaban J connectivity index is 1.85. The van der Waals surface area contributed by atoms with Gasteiger partial charge < -0.3 is 25.7 Å². The van der Waals surface area contributed by atoms with Crippen molar-refractivity contribution in [1.82, 2.24) is 0 Å². The zero-order valence-corrected chi connectivity index (χ0v) is 17.5. The maximum Gasteiger partial charge on any atom is 0.198 e. The third kappa shape index (κ3) is 2.84. The molecule has 0 radical (unpaired) electrons. The normalized spacial score (nSPS) is 28.4. The molecule has 0 saturated heterocycles. The van der Waals surface area contributed by atoms with E-state index in [1.165, 1.54) is 37.3 Å². The second kappa shape index (κ2) is 7.33. The predicted molar refractivity (Wildman–Crippen MR) is 119 cm³/mol. The lowest BCUT2D eigenvalue weighted by molar-refractivity contribution is -0.107. The van der Waals surface area contributed by atoms with Gasteiger partial charge in [-0.05, 0) is 30.7 Å². The van der Waals surface area contributed by atoms with E-state index in [1.807, 2.05) is 0 Å². The Kier molecular flexibility index (Phi) is 4.66. The van der Waals surface area contributed by atoms with Crippen LogP contribution in [0.5, 0.6) is 5.75 Å². The molecule has 1 aliphatic heterocycles. The van der Waals surface area contributed by atoms with Crippen LogP contribution in [0.1, 0.15) is 50.2 Å². The van der Waals surface area contributed by atoms with Gasteiger partial charge in [0, 0.05) is 11.1 Å². The van der Waals surface area contributed by atoms with E-state index in [2.05, 4.69) is 29.0 Å². The molecule has 2 bridgehead atoms. The summed E-state index contributed by atoms with van der Waals surface area (Å²) in [5.41, 5.74) is -1.57. The number of carbonyl (C=O) groups excluding carboxylic acids is 2. The minimum absolute atomic E-state index is 0.0640. The first-order chi connectivity index (χ1) is 15.8. The van der Waals surface area contributed by atoms with Crippen molar-refractivity contribution in [2.24, 2.45) is 0 Å². The van der Waals surface area contributed by atoms with Crippen LogP contribution in [-0.2, 0) is 0 Å². The van der Waals surface area contributed by atoms with Gasteiger partial charge in [0.1, 0.15) is 23.5 Å². The summed E-state index contributed by atoms with van der Waals surface area (Å²) in [6.45, 7) is 1.36. The molecule has 2 aromatic rings. The van der Waals surface area contributed by atoms with E-state index < -0.39 is 47.1 Å². The van der Waals surface area contributed by atoms with Gasteiger partial charge >= 0.3 is 0 Å². The van der Waals surface area contributed by atoms with Crippen LogP contribution in [-0.4, -0.2) is 55.8 Å². The molecule has 7 nitrogen and oxygen atoms in total. The fourth-order valence-electron chi connectivity index (χ4n) is 4.89. The first-order valence-electron chi connectivity index (χ1n) is 10.4. The van der Waals surface area contributed by atoms with Crippen LogP contribution in [0.3, 0.4) is 0 Å². The molecule has 0 amide bonds. The van der Waals surface area contributed by atoms with Gasteiger partial charge in [-0.1, -0.05) is 47.9 Å². The highest BCUT2D eigenvalue weighted by molar-refractivity contribution is 6.31. The number of phenolic OH excluding ortho intramolecular Hbond substituents is 1. The third-order valence-electron chi connectivity index (χ3n) is 6.49. The Labute approximate surface area is 189 Å². The number of fused-ring (bicyclic) bond motifs is 7. The van der Waals surface area contributed by atoms with Crippen molar-refractivity contribution in [3.8, 4) is 29.4 Å². The number of hydrogen-bond acceptors (Lipinski definition) is 7. The molecule has 7 heteroatoms. The maximum absolute atomic E-state index is 13.5. The van der Waals surface area contributed by atoms with E-state index in [-0.39, 0.29) is 33.5 Å². The highest BCUT2D eigenvalue weighted by Gasteiger charge is 2.56. The van der Waals surface area contributed by atoms with Gasteiger partial charge in [-0.3, -0.25) is 9.59 Å². The predicted octanol–water partition coefficient (Wildman–Crippen LogP) is 1.09. The van der Waals surface area contributed by atoms with E-state index >= 15 is 0 Å². The number of allylic oxidation sites excluding steroid dienone is 2. The minimum atomic E-state index is -2.03. The van der Waals surface area contributed by atoms with E-state index in [1.54, 1.807) is 12.1 Å². The van der Waals surface area contributed by atoms with Gasteiger partial charge in [0.2, 0.25) is 0 Å². The number of aliphatic hydroxyl groups is 3. The first kappa shape index (κ1) is 21.0. The summed E-state index contributed by atoms with van der Waals surface area (Å²) >= 11 is 0. The van der Waals surface area contributed by atoms with Crippen LogP contribution < -0.4 is 5.32 Å². The van der Waals surface area contributed by atoms with Gasteiger partial charge in [-0.2, -0.15) is 0 Å². The van der Waals surface area contributed by atoms with E-state index in [0.717, 1.165) is 0 Å². The molecule has 5 atom stereocenters. The van der Waals surface area contributed by atoms with Crippen molar-refractivity contribution in [3.05, 3.63) is 70.3 Å². The van der Waals surface area contributed by atoms with Crippen LogP contribution in [0, 0.1) is 23.7 Å². The highest BCUT2D eigenvalue weighted by atomic mass is 16.3. The second-order valence-corrected chi connectivity index (χ2v) is 8.29. The van der Waals surface area contributed by atoms with Gasteiger partial charge in [-0.15, -0.1) is 0 Å². The molecule has 1 heterocycles. The molecule has 0 saturated carbocycles. The molecule has 1 unspecified atom stereocenters. The summed E-state index contributed by atoms with van der Waals surface area (Å²) in [6.07, 6.45) is 0.0372. The molecule has 0 aromatic heterocycles. The zero-order valence-electron chi connectivity index (χ0n) is 17.5. The molecular weight excluding hydrogens is 422 g/mol. The molecule has 3 aliphatic rings. The number of carbonyl (C=O) groups is 2. The summed E-state index contributed by atoms with van der Waals surface area (Å²) in [5, 5.41) is 47.0. The van der Waals surface area contributed by atoms with E-state index in [4.69, 9.17) is 0 Å². The van der Waals surface area contributed by atoms with Crippen LogP contribution in [0.15, 0.2) is 42.5 Å². The molecule has 2 aliphatic carbocycles. The Hall–Kier alpha value is -3.88. The van der Waals surface area contributed by atoms with Crippen LogP contribution in [0.4, 0.5) is 5.69 Å². The molecule has 33 heavy (non-hydrogen) atoms. The quantitative estimate of drug-likeness (QED) is 0.283. The third-order valence-corrected chi connectivity index (χ3v) is 6.49. The van der Waals surface area contributed by atoms with Crippen LogP contribution in [0.25, 0.3) is 0 Å². The first-order valence-corrected chi connectivity index (χ1v) is 10.4. The lowest BCUT2D eigenvalue weighted by atomic mass is 9.66. The maximum atomic E-state index is 13.5. The second-order valence-electron chi connectivity index (χ2n) is 8.29. The van der Waals surface area contributed by atoms with Crippen LogP contribution >= 0.6 is 0 Å². The summed E-state index contributed by atoms with van der Waals surface area (Å²) in [5.74, 6) is 8.11. The summed E-state index contributed by atoms with van der Waals surface area (Å²) in [6, 6.07) is 6.43. The summed E-state index contributed by atoms with van der Waals surface area (Å²) < 4.78 is 0. The Morgan fingerprint density at radius 3 is 2.27 bits per heavy atom. The Bertz CT molecular complexity index is 1380. The summed E-state index contributed by atoms with van der Waals surface area (Å²) in [7, 11) is 0. The average Bonchev–Trinajstić information content (AvgIpc) is 2.78. The van der Waals surface area contributed by atoms with Gasteiger partial charge in [0.15, 0.2) is 11.6 Å². The standard InChI is InChI=1S/C26H19NO6/c1-13(28)26(33)19-11-5-3-2-4-10-17(29)22(26)16-12-18(30)20-21(23(16)27-19)25(32)15-9-7-6-8-14(15)24(20)31/h2-3,6-9,12-13,17,19,22,27-30,33H,1H3/b3-2-/t13-,17-,19+,22?,26+/m1/s1. The Morgan fingerprint density at radius 2 is 1.64 bits per heavy atom. The molecule has 164 valence electrons. The smallest absolute Gasteiger partial charge is 0.198 e.